The number of esters is 2. The molecule has 1 atom stereocenters. The molecule has 0 spiro atoms. The summed E-state index contributed by atoms with van der Waals surface area (Å²) in [4.78, 5) is 24.0. The number of hydrogen-bond acceptors (Lipinski definition) is 5. The van der Waals surface area contributed by atoms with Crippen LogP contribution in [0, 0.1) is 0 Å². The first kappa shape index (κ1) is 37.4. The molecule has 0 aliphatic rings. The van der Waals surface area contributed by atoms with E-state index in [0.29, 0.717) is 12.8 Å². The van der Waals surface area contributed by atoms with Crippen molar-refractivity contribution in [2.45, 2.75) is 168 Å². The lowest BCUT2D eigenvalue weighted by Crippen LogP contribution is -2.28. The van der Waals surface area contributed by atoms with Crippen LogP contribution in [-0.2, 0) is 19.1 Å². The Labute approximate surface area is 241 Å². The average molecular weight is 551 g/mol. The van der Waals surface area contributed by atoms with Gasteiger partial charge < -0.3 is 14.6 Å². The maximum Gasteiger partial charge on any atom is 0.306 e. The molecule has 0 heterocycles. The number of allylic oxidation sites excluding steroid dienone is 4. The fraction of sp³-hybridized carbons (Fsp3) is 0.824. The summed E-state index contributed by atoms with van der Waals surface area (Å²) in [7, 11) is 0. The summed E-state index contributed by atoms with van der Waals surface area (Å²) in [6, 6.07) is 0. The first-order valence-corrected chi connectivity index (χ1v) is 16.4. The molecule has 0 bridgehead atoms. The lowest BCUT2D eigenvalue weighted by molar-refractivity contribution is -0.161. The van der Waals surface area contributed by atoms with Crippen LogP contribution in [-0.4, -0.2) is 36.4 Å². The molecule has 0 aromatic carbocycles. The molecule has 0 radical (unpaired) electrons. The number of hydrogen-bond donors (Lipinski definition) is 1. The maximum atomic E-state index is 12.1. The van der Waals surface area contributed by atoms with Gasteiger partial charge in [0.15, 0.2) is 6.10 Å². The van der Waals surface area contributed by atoms with Crippen LogP contribution >= 0.6 is 0 Å². The molecule has 0 aliphatic heterocycles. The van der Waals surface area contributed by atoms with Gasteiger partial charge in [0.2, 0.25) is 0 Å². The van der Waals surface area contributed by atoms with Crippen LogP contribution in [0.15, 0.2) is 24.3 Å². The Bertz CT molecular complexity index is 598. The van der Waals surface area contributed by atoms with Gasteiger partial charge in [0.1, 0.15) is 6.61 Å². The van der Waals surface area contributed by atoms with Crippen molar-refractivity contribution in [3.05, 3.63) is 24.3 Å². The molecular weight excluding hydrogens is 488 g/mol. The zero-order chi connectivity index (χ0) is 28.7. The molecule has 0 fully saturated rings. The molecular formula is C34H62O5. The Balaban J connectivity index is 3.61. The number of rotatable bonds is 29. The van der Waals surface area contributed by atoms with Gasteiger partial charge in [-0.1, -0.05) is 128 Å². The van der Waals surface area contributed by atoms with Crippen LogP contribution < -0.4 is 0 Å². The van der Waals surface area contributed by atoms with E-state index >= 15 is 0 Å². The molecule has 1 N–H and O–H groups in total. The Hall–Kier alpha value is -1.62. The predicted octanol–water partition coefficient (Wildman–Crippen LogP) is 9.56. The number of carbonyl (C=O) groups is 2. The van der Waals surface area contributed by atoms with Crippen LogP contribution in [0.25, 0.3) is 0 Å². The van der Waals surface area contributed by atoms with Crippen molar-refractivity contribution in [3.8, 4) is 0 Å². The lowest BCUT2D eigenvalue weighted by atomic mass is 10.1. The molecule has 0 saturated heterocycles. The van der Waals surface area contributed by atoms with E-state index in [4.69, 9.17) is 9.47 Å². The minimum absolute atomic E-state index is 0.0685. The van der Waals surface area contributed by atoms with E-state index < -0.39 is 6.10 Å². The van der Waals surface area contributed by atoms with Gasteiger partial charge in [-0.3, -0.25) is 9.59 Å². The molecule has 0 amide bonds. The average Bonchev–Trinajstić information content (AvgIpc) is 2.94. The Morgan fingerprint density at radius 1 is 0.590 bits per heavy atom. The first-order chi connectivity index (χ1) is 19.1. The van der Waals surface area contributed by atoms with Crippen LogP contribution in [0.2, 0.25) is 0 Å². The van der Waals surface area contributed by atoms with Crippen molar-refractivity contribution < 1.29 is 24.2 Å². The fourth-order valence-corrected chi connectivity index (χ4v) is 4.46. The van der Waals surface area contributed by atoms with Gasteiger partial charge >= 0.3 is 11.9 Å². The van der Waals surface area contributed by atoms with E-state index in [1.807, 2.05) is 0 Å². The van der Waals surface area contributed by atoms with Crippen LogP contribution in [0.3, 0.4) is 0 Å². The van der Waals surface area contributed by atoms with Crippen LogP contribution in [0.1, 0.15) is 162 Å². The molecule has 0 saturated carbocycles. The summed E-state index contributed by atoms with van der Waals surface area (Å²) in [5, 5.41) is 9.48. The zero-order valence-electron chi connectivity index (χ0n) is 25.6. The highest BCUT2D eigenvalue weighted by molar-refractivity contribution is 5.70. The normalized spacial score (nSPS) is 12.4. The fourth-order valence-electron chi connectivity index (χ4n) is 4.46. The number of ether oxygens (including phenoxy) is 2. The van der Waals surface area contributed by atoms with Crippen molar-refractivity contribution in [3.63, 3.8) is 0 Å². The highest BCUT2D eigenvalue weighted by Crippen LogP contribution is 2.12. The number of aliphatic hydroxyl groups is 1. The van der Waals surface area contributed by atoms with Gasteiger partial charge in [0.05, 0.1) is 6.61 Å². The Morgan fingerprint density at radius 3 is 1.56 bits per heavy atom. The highest BCUT2D eigenvalue weighted by Gasteiger charge is 2.16. The molecule has 0 unspecified atom stereocenters. The predicted molar refractivity (Wildman–Crippen MR) is 164 cm³/mol. The molecule has 5 nitrogen and oxygen atoms in total. The van der Waals surface area contributed by atoms with E-state index in [2.05, 4.69) is 38.2 Å². The summed E-state index contributed by atoms with van der Waals surface area (Å²) >= 11 is 0. The molecule has 0 rings (SSSR count). The molecule has 39 heavy (non-hydrogen) atoms. The first-order valence-electron chi connectivity index (χ1n) is 16.4. The molecule has 0 aromatic heterocycles. The summed E-state index contributed by atoms with van der Waals surface area (Å²) in [5.41, 5.74) is 0. The standard InChI is InChI=1S/C34H62O5/c1-3-5-7-9-11-13-15-16-17-18-19-21-23-25-27-29-34(37)39-32(30-35)31-38-33(36)28-26-24-22-20-14-12-10-8-6-4-2/h11,13,16-17,32,35H,3-10,12,14-15,18-31H2,1-2H3/b13-11+,17-16+/t32-/m0/s1. The van der Waals surface area contributed by atoms with Crippen molar-refractivity contribution in [2.75, 3.05) is 13.2 Å². The third kappa shape index (κ3) is 29.2. The van der Waals surface area contributed by atoms with Crippen LogP contribution in [0.5, 0.6) is 0 Å². The smallest absolute Gasteiger partial charge is 0.306 e. The minimum Gasteiger partial charge on any atom is -0.462 e. The second-order valence-electron chi connectivity index (χ2n) is 10.9. The number of aliphatic hydroxyl groups excluding tert-OH is 1. The molecule has 228 valence electrons. The van der Waals surface area contributed by atoms with E-state index in [0.717, 1.165) is 51.4 Å². The van der Waals surface area contributed by atoms with E-state index in [-0.39, 0.29) is 25.2 Å². The van der Waals surface area contributed by atoms with E-state index in [1.165, 1.54) is 83.5 Å². The Kier molecular flexibility index (Phi) is 29.6. The topological polar surface area (TPSA) is 72.8 Å². The third-order valence-corrected chi connectivity index (χ3v) is 7.00. The van der Waals surface area contributed by atoms with Gasteiger partial charge in [-0.05, 0) is 44.9 Å². The van der Waals surface area contributed by atoms with E-state index in [1.54, 1.807) is 0 Å². The van der Waals surface area contributed by atoms with Crippen molar-refractivity contribution >= 4 is 11.9 Å². The van der Waals surface area contributed by atoms with Gasteiger partial charge in [0.25, 0.3) is 0 Å². The zero-order valence-corrected chi connectivity index (χ0v) is 25.6. The molecule has 5 heteroatoms. The Morgan fingerprint density at radius 2 is 1.03 bits per heavy atom. The number of carbonyl (C=O) groups excluding carboxylic acids is 2. The maximum absolute atomic E-state index is 12.1. The lowest BCUT2D eigenvalue weighted by Gasteiger charge is -2.15. The second kappa shape index (κ2) is 30.9. The second-order valence-corrected chi connectivity index (χ2v) is 10.9. The monoisotopic (exact) mass is 550 g/mol. The minimum atomic E-state index is -0.771. The van der Waals surface area contributed by atoms with Gasteiger partial charge in [-0.15, -0.1) is 0 Å². The highest BCUT2D eigenvalue weighted by atomic mass is 16.6. The molecule has 0 aromatic rings. The number of unbranched alkanes of at least 4 members (excludes halogenated alkanes) is 17. The van der Waals surface area contributed by atoms with Crippen molar-refractivity contribution in [1.29, 1.82) is 0 Å². The van der Waals surface area contributed by atoms with Gasteiger partial charge in [-0.25, -0.2) is 0 Å². The van der Waals surface area contributed by atoms with Gasteiger partial charge in [0, 0.05) is 12.8 Å². The largest absolute Gasteiger partial charge is 0.462 e. The summed E-state index contributed by atoms with van der Waals surface area (Å²) in [6.45, 7) is 4.07. The summed E-state index contributed by atoms with van der Waals surface area (Å²) < 4.78 is 10.5. The van der Waals surface area contributed by atoms with E-state index in [9.17, 15) is 14.7 Å². The summed E-state index contributed by atoms with van der Waals surface area (Å²) in [6.07, 6.45) is 33.7. The third-order valence-electron chi connectivity index (χ3n) is 7.00. The van der Waals surface area contributed by atoms with Gasteiger partial charge in [-0.2, -0.15) is 0 Å². The van der Waals surface area contributed by atoms with Crippen molar-refractivity contribution in [1.82, 2.24) is 0 Å². The SMILES string of the molecule is CCCCC/C=C/C/C=C/CCCCCCCC(=O)O[C@@H](CO)COC(=O)CCCCCCCCCCCC. The van der Waals surface area contributed by atoms with Crippen LogP contribution in [0.4, 0.5) is 0 Å². The molecule has 0 aliphatic carbocycles. The summed E-state index contributed by atoms with van der Waals surface area (Å²) in [5.74, 6) is -0.608. The quantitative estimate of drug-likeness (QED) is 0.0570. The van der Waals surface area contributed by atoms with Crippen molar-refractivity contribution in [2.24, 2.45) is 0 Å².